The van der Waals surface area contributed by atoms with E-state index in [0.29, 0.717) is 15.6 Å². The molecule has 7 heteroatoms. The fourth-order valence-corrected chi connectivity index (χ4v) is 2.56. The van der Waals surface area contributed by atoms with Crippen molar-refractivity contribution < 1.29 is 19.0 Å². The Balaban J connectivity index is 3.22. The summed E-state index contributed by atoms with van der Waals surface area (Å²) in [5.41, 5.74) is 5.68. The maximum atomic E-state index is 11.1. The second kappa shape index (κ2) is 8.44. The lowest BCUT2D eigenvalue weighted by molar-refractivity contribution is -0.124. The molecule has 1 aromatic rings. The summed E-state index contributed by atoms with van der Waals surface area (Å²) in [5.74, 6) is -0.0632. The molecule has 0 aliphatic heterocycles. The van der Waals surface area contributed by atoms with Gasteiger partial charge in [-0.2, -0.15) is 0 Å². The molecule has 2 atom stereocenters. The molecule has 0 spiro atoms. The third-order valence-corrected chi connectivity index (χ3v) is 3.52. The number of hydrogen-bond donors (Lipinski definition) is 1. The van der Waals surface area contributed by atoms with Gasteiger partial charge in [0.15, 0.2) is 0 Å². The van der Waals surface area contributed by atoms with Crippen molar-refractivity contribution in [1.29, 1.82) is 0 Å². The van der Waals surface area contributed by atoms with Gasteiger partial charge in [0.25, 0.3) is 0 Å². The first-order chi connectivity index (χ1) is 9.88. The predicted octanol–water partition coefficient (Wildman–Crippen LogP) is 3.77. The van der Waals surface area contributed by atoms with E-state index < -0.39 is 18.3 Å². The lowest BCUT2D eigenvalue weighted by Crippen LogP contribution is -2.34. The third kappa shape index (κ3) is 5.04. The van der Waals surface area contributed by atoms with Gasteiger partial charge >= 0.3 is 6.09 Å². The summed E-state index contributed by atoms with van der Waals surface area (Å²) in [4.78, 5) is 11.1. The molecule has 0 aromatic heterocycles. The van der Waals surface area contributed by atoms with Crippen molar-refractivity contribution in [3.8, 4) is 0 Å². The van der Waals surface area contributed by atoms with Crippen LogP contribution >= 0.6 is 23.2 Å². The molecule has 0 saturated carbocycles. The molecule has 21 heavy (non-hydrogen) atoms. The van der Waals surface area contributed by atoms with Crippen LogP contribution < -0.4 is 5.73 Å². The number of methoxy groups -OCH3 is 1. The summed E-state index contributed by atoms with van der Waals surface area (Å²) in [7, 11) is 1.49. The van der Waals surface area contributed by atoms with E-state index in [9.17, 15) is 4.79 Å². The zero-order valence-corrected chi connectivity index (χ0v) is 13.6. The van der Waals surface area contributed by atoms with Crippen molar-refractivity contribution in [2.75, 3.05) is 13.9 Å². The number of halogens is 2. The largest absolute Gasteiger partial charge is 0.443 e. The lowest BCUT2D eigenvalue weighted by Gasteiger charge is -2.30. The van der Waals surface area contributed by atoms with Crippen LogP contribution in [0.2, 0.25) is 10.0 Å². The van der Waals surface area contributed by atoms with Crippen LogP contribution in [0.1, 0.15) is 25.5 Å². The van der Waals surface area contributed by atoms with E-state index in [1.165, 1.54) is 7.11 Å². The highest BCUT2D eigenvalue weighted by atomic mass is 35.5. The molecule has 1 aromatic carbocycles. The average molecular weight is 336 g/mol. The molecule has 2 N–H and O–H groups in total. The van der Waals surface area contributed by atoms with Crippen LogP contribution in [0.15, 0.2) is 18.2 Å². The Morgan fingerprint density at radius 2 is 1.86 bits per heavy atom. The predicted molar refractivity (Wildman–Crippen MR) is 81.5 cm³/mol. The van der Waals surface area contributed by atoms with Gasteiger partial charge in [-0.05, 0) is 18.1 Å². The first-order valence-electron chi connectivity index (χ1n) is 6.39. The molecule has 118 valence electrons. The summed E-state index contributed by atoms with van der Waals surface area (Å²) in [5, 5.41) is 0.838. The monoisotopic (exact) mass is 335 g/mol. The van der Waals surface area contributed by atoms with E-state index in [4.69, 9.17) is 43.1 Å². The van der Waals surface area contributed by atoms with Gasteiger partial charge < -0.3 is 19.9 Å². The van der Waals surface area contributed by atoms with E-state index in [1.54, 1.807) is 18.2 Å². The third-order valence-electron chi connectivity index (χ3n) is 2.86. The molecule has 0 heterocycles. The first-order valence-corrected chi connectivity index (χ1v) is 7.14. The maximum absolute atomic E-state index is 11.1. The van der Waals surface area contributed by atoms with E-state index in [0.717, 1.165) is 0 Å². The Bertz CT molecular complexity index is 462. The number of ether oxygens (including phenoxy) is 3. The molecule has 0 unspecified atom stereocenters. The summed E-state index contributed by atoms with van der Waals surface area (Å²) < 4.78 is 15.7. The Kier molecular flexibility index (Phi) is 7.25. The average Bonchev–Trinajstić information content (AvgIpc) is 2.39. The van der Waals surface area contributed by atoms with Crippen molar-refractivity contribution in [3.63, 3.8) is 0 Å². The standard InChI is InChI=1S/C14H19Cl2NO4/c1-8(2)12(21-14(17)18)13(20-7-19-3)11-9(15)5-4-6-10(11)16/h4-6,8,12-13H,7H2,1-3H3,(H2,17,18)/t12-,13-/m1/s1. The number of primary amides is 1. The van der Waals surface area contributed by atoms with Crippen LogP contribution in [-0.2, 0) is 14.2 Å². The Morgan fingerprint density at radius 3 is 2.29 bits per heavy atom. The highest BCUT2D eigenvalue weighted by molar-refractivity contribution is 6.36. The minimum Gasteiger partial charge on any atom is -0.443 e. The lowest BCUT2D eigenvalue weighted by atomic mass is 9.95. The van der Waals surface area contributed by atoms with Crippen LogP contribution in [0, 0.1) is 5.92 Å². The van der Waals surface area contributed by atoms with Gasteiger partial charge in [0.2, 0.25) is 0 Å². The van der Waals surface area contributed by atoms with Gasteiger partial charge in [-0.1, -0.05) is 43.1 Å². The van der Waals surface area contributed by atoms with Gasteiger partial charge in [0.05, 0.1) is 0 Å². The van der Waals surface area contributed by atoms with Crippen LogP contribution in [0.3, 0.4) is 0 Å². The number of amides is 1. The minimum absolute atomic E-state index is 0.00242. The number of hydrogen-bond acceptors (Lipinski definition) is 4. The molecule has 1 rings (SSSR count). The maximum Gasteiger partial charge on any atom is 0.404 e. The Morgan fingerprint density at radius 1 is 1.29 bits per heavy atom. The van der Waals surface area contributed by atoms with Crippen LogP contribution in [0.25, 0.3) is 0 Å². The van der Waals surface area contributed by atoms with Crippen LogP contribution in [-0.4, -0.2) is 26.1 Å². The van der Waals surface area contributed by atoms with Crippen molar-refractivity contribution in [2.24, 2.45) is 11.7 Å². The number of nitrogens with two attached hydrogens (primary N) is 1. The molecule has 0 aliphatic carbocycles. The van der Waals surface area contributed by atoms with Gasteiger partial charge in [-0.3, -0.25) is 0 Å². The fourth-order valence-electron chi connectivity index (χ4n) is 1.95. The molecule has 0 radical (unpaired) electrons. The first kappa shape index (κ1) is 18.0. The second-order valence-electron chi connectivity index (χ2n) is 4.77. The normalized spacial score (nSPS) is 14.0. The number of carbonyl (C=O) groups excluding carboxylic acids is 1. The number of rotatable bonds is 7. The fraction of sp³-hybridized carbons (Fsp3) is 0.500. The molecule has 0 saturated heterocycles. The number of carbonyl (C=O) groups is 1. The van der Waals surface area contributed by atoms with E-state index in [1.807, 2.05) is 13.8 Å². The smallest absolute Gasteiger partial charge is 0.404 e. The molecule has 0 bridgehead atoms. The summed E-state index contributed by atoms with van der Waals surface area (Å²) in [6.45, 7) is 3.75. The molecule has 1 amide bonds. The quantitative estimate of drug-likeness (QED) is 0.770. The molecule has 0 fully saturated rings. The van der Waals surface area contributed by atoms with Gasteiger partial charge in [0.1, 0.15) is 19.0 Å². The zero-order valence-electron chi connectivity index (χ0n) is 12.1. The van der Waals surface area contributed by atoms with Crippen molar-refractivity contribution in [2.45, 2.75) is 26.1 Å². The Labute approximate surface area is 134 Å². The van der Waals surface area contributed by atoms with Crippen LogP contribution in [0.5, 0.6) is 0 Å². The van der Waals surface area contributed by atoms with E-state index in [-0.39, 0.29) is 12.7 Å². The Hall–Kier alpha value is -1.01. The SMILES string of the molecule is COCO[C@H](c1c(Cl)cccc1Cl)[C@H](OC(N)=O)C(C)C. The number of benzene rings is 1. The van der Waals surface area contributed by atoms with Crippen molar-refractivity contribution in [1.82, 2.24) is 0 Å². The molecule has 5 nitrogen and oxygen atoms in total. The molecular weight excluding hydrogens is 317 g/mol. The van der Waals surface area contributed by atoms with Gasteiger partial charge in [0, 0.05) is 22.7 Å². The summed E-state index contributed by atoms with van der Waals surface area (Å²) >= 11 is 12.4. The summed E-state index contributed by atoms with van der Waals surface area (Å²) in [6.07, 6.45) is -2.21. The zero-order chi connectivity index (χ0) is 16.0. The molecular formula is C14H19Cl2NO4. The van der Waals surface area contributed by atoms with Gasteiger partial charge in [-0.15, -0.1) is 0 Å². The van der Waals surface area contributed by atoms with Crippen LogP contribution in [0.4, 0.5) is 4.79 Å². The topological polar surface area (TPSA) is 70.8 Å². The van der Waals surface area contributed by atoms with Gasteiger partial charge in [-0.25, -0.2) is 4.79 Å². The van der Waals surface area contributed by atoms with E-state index >= 15 is 0 Å². The summed E-state index contributed by atoms with van der Waals surface area (Å²) in [6, 6.07) is 5.10. The van der Waals surface area contributed by atoms with Crippen molar-refractivity contribution in [3.05, 3.63) is 33.8 Å². The second-order valence-corrected chi connectivity index (χ2v) is 5.59. The van der Waals surface area contributed by atoms with Crippen molar-refractivity contribution >= 4 is 29.3 Å². The molecule has 0 aliphatic rings. The van der Waals surface area contributed by atoms with E-state index in [2.05, 4.69) is 0 Å². The highest BCUT2D eigenvalue weighted by Crippen LogP contribution is 2.37. The highest BCUT2D eigenvalue weighted by Gasteiger charge is 2.33. The minimum atomic E-state index is -0.886.